The Morgan fingerprint density at radius 1 is 1.04 bits per heavy atom. The molecule has 0 spiro atoms. The molecule has 2 aromatic carbocycles. The Kier molecular flexibility index (Phi) is 6.20. The van der Waals surface area contributed by atoms with Crippen LogP contribution in [0, 0.1) is 5.82 Å². The smallest absolute Gasteiger partial charge is 0.293 e. The number of halogens is 1. The van der Waals surface area contributed by atoms with E-state index in [4.69, 9.17) is 14.2 Å². The second-order valence-corrected chi connectivity index (χ2v) is 6.74. The molecule has 0 aliphatic carbocycles. The highest BCUT2D eigenvalue weighted by Gasteiger charge is 2.35. The molecule has 0 atom stereocenters. The predicted molar refractivity (Wildman–Crippen MR) is 104 cm³/mol. The van der Waals surface area contributed by atoms with Gasteiger partial charge < -0.3 is 14.2 Å². The summed E-state index contributed by atoms with van der Waals surface area (Å²) in [6, 6.07) is 10.7. The molecule has 0 radical (unpaired) electrons. The van der Waals surface area contributed by atoms with Crippen molar-refractivity contribution in [2.24, 2.45) is 0 Å². The van der Waals surface area contributed by atoms with Crippen molar-refractivity contribution >= 4 is 29.0 Å². The number of carbonyl (C=O) groups excluding carboxylic acids is 2. The van der Waals surface area contributed by atoms with Crippen LogP contribution in [-0.2, 0) is 4.79 Å². The Morgan fingerprint density at radius 2 is 1.75 bits per heavy atom. The zero-order valence-corrected chi connectivity index (χ0v) is 16.1. The van der Waals surface area contributed by atoms with Gasteiger partial charge >= 0.3 is 0 Å². The van der Waals surface area contributed by atoms with Gasteiger partial charge in [-0.15, -0.1) is 0 Å². The Morgan fingerprint density at radius 3 is 2.43 bits per heavy atom. The van der Waals surface area contributed by atoms with E-state index in [0.717, 1.165) is 16.7 Å². The maximum atomic E-state index is 12.9. The maximum absolute atomic E-state index is 12.9. The molecule has 8 heteroatoms. The first-order chi connectivity index (χ1) is 13.5. The molecule has 2 aromatic rings. The first-order valence-electron chi connectivity index (χ1n) is 8.37. The number of amides is 2. The van der Waals surface area contributed by atoms with Crippen LogP contribution < -0.4 is 14.2 Å². The topological polar surface area (TPSA) is 65.1 Å². The van der Waals surface area contributed by atoms with Crippen molar-refractivity contribution in [2.45, 2.75) is 0 Å². The molecular formula is C20H18FNO5S. The Balaban J connectivity index is 1.67. The van der Waals surface area contributed by atoms with Gasteiger partial charge in [0.2, 0.25) is 0 Å². The van der Waals surface area contributed by atoms with Gasteiger partial charge in [-0.2, -0.15) is 0 Å². The summed E-state index contributed by atoms with van der Waals surface area (Å²) < 4.78 is 28.8. The summed E-state index contributed by atoms with van der Waals surface area (Å²) in [6.07, 6.45) is 1.62. The number of hydrogen-bond donors (Lipinski definition) is 0. The first kappa shape index (κ1) is 19.8. The first-order valence-corrected chi connectivity index (χ1v) is 9.19. The van der Waals surface area contributed by atoms with Gasteiger partial charge in [0.1, 0.15) is 29.7 Å². The maximum Gasteiger partial charge on any atom is 0.293 e. The lowest BCUT2D eigenvalue weighted by atomic mass is 10.1. The van der Waals surface area contributed by atoms with Crippen molar-refractivity contribution in [3.63, 3.8) is 0 Å². The van der Waals surface area contributed by atoms with Crippen LogP contribution in [0.2, 0.25) is 0 Å². The molecule has 0 saturated carbocycles. The molecule has 0 bridgehead atoms. The molecular weight excluding hydrogens is 385 g/mol. The molecule has 6 nitrogen and oxygen atoms in total. The molecule has 1 fully saturated rings. The minimum Gasteiger partial charge on any atom is -0.497 e. The number of carbonyl (C=O) groups is 2. The normalized spacial score (nSPS) is 15.2. The van der Waals surface area contributed by atoms with E-state index in [1.54, 1.807) is 31.4 Å². The van der Waals surface area contributed by atoms with Crippen LogP contribution in [0.4, 0.5) is 9.18 Å². The summed E-state index contributed by atoms with van der Waals surface area (Å²) in [7, 11) is 3.07. The van der Waals surface area contributed by atoms with Crippen LogP contribution in [0.25, 0.3) is 6.08 Å². The number of thioether (sulfide) groups is 1. The van der Waals surface area contributed by atoms with E-state index in [2.05, 4.69) is 0 Å². The largest absolute Gasteiger partial charge is 0.497 e. The zero-order chi connectivity index (χ0) is 20.1. The third-order valence-corrected chi connectivity index (χ3v) is 4.91. The lowest BCUT2D eigenvalue weighted by Crippen LogP contribution is -2.32. The van der Waals surface area contributed by atoms with Gasteiger partial charge in [-0.1, -0.05) is 0 Å². The van der Waals surface area contributed by atoms with Crippen LogP contribution >= 0.6 is 11.8 Å². The van der Waals surface area contributed by atoms with Crippen LogP contribution in [0.15, 0.2) is 47.4 Å². The second-order valence-electron chi connectivity index (χ2n) is 5.74. The number of hydrogen-bond acceptors (Lipinski definition) is 6. The van der Waals surface area contributed by atoms with E-state index >= 15 is 0 Å². The van der Waals surface area contributed by atoms with Crippen molar-refractivity contribution < 1.29 is 28.2 Å². The highest BCUT2D eigenvalue weighted by molar-refractivity contribution is 8.18. The molecule has 1 aliphatic rings. The number of benzene rings is 2. The van der Waals surface area contributed by atoms with Crippen LogP contribution in [-0.4, -0.2) is 43.4 Å². The molecule has 0 N–H and O–H groups in total. The minimum absolute atomic E-state index is 0.0964. The van der Waals surface area contributed by atoms with E-state index in [9.17, 15) is 14.0 Å². The van der Waals surface area contributed by atoms with E-state index in [-0.39, 0.29) is 24.2 Å². The Hall–Kier alpha value is -3.00. The summed E-state index contributed by atoms with van der Waals surface area (Å²) in [5, 5.41) is -0.369. The summed E-state index contributed by atoms with van der Waals surface area (Å²) >= 11 is 0.861. The highest BCUT2D eigenvalue weighted by Crippen LogP contribution is 2.34. The van der Waals surface area contributed by atoms with Crippen LogP contribution in [0.1, 0.15) is 5.56 Å². The average Bonchev–Trinajstić information content (AvgIpc) is 2.97. The zero-order valence-electron chi connectivity index (χ0n) is 15.3. The average molecular weight is 403 g/mol. The SMILES string of the molecule is COc1ccc(/C=C2\SC(=O)N(CCOc3ccc(F)cc3)C2=O)c(OC)c1. The highest BCUT2D eigenvalue weighted by atomic mass is 32.2. The Labute approximate surface area is 165 Å². The lowest BCUT2D eigenvalue weighted by Gasteiger charge is -2.13. The van der Waals surface area contributed by atoms with E-state index in [0.29, 0.717) is 27.7 Å². The predicted octanol–water partition coefficient (Wildman–Crippen LogP) is 3.96. The molecule has 1 aliphatic heterocycles. The van der Waals surface area contributed by atoms with Gasteiger partial charge in [0.25, 0.3) is 11.1 Å². The van der Waals surface area contributed by atoms with Gasteiger partial charge in [-0.25, -0.2) is 4.39 Å². The molecule has 3 rings (SSSR count). The van der Waals surface area contributed by atoms with Crippen molar-refractivity contribution in [3.8, 4) is 17.2 Å². The third-order valence-electron chi connectivity index (χ3n) is 4.00. The third kappa shape index (κ3) is 4.45. The molecule has 1 heterocycles. The van der Waals surface area contributed by atoms with Crippen molar-refractivity contribution in [3.05, 3.63) is 58.8 Å². The Bertz CT molecular complexity index is 913. The molecule has 146 valence electrons. The van der Waals surface area contributed by atoms with Crippen molar-refractivity contribution in [1.29, 1.82) is 0 Å². The number of ether oxygens (including phenoxy) is 3. The van der Waals surface area contributed by atoms with Gasteiger partial charge in [0, 0.05) is 11.6 Å². The number of methoxy groups -OCH3 is 2. The fourth-order valence-corrected chi connectivity index (χ4v) is 3.41. The molecule has 2 amide bonds. The molecule has 28 heavy (non-hydrogen) atoms. The summed E-state index contributed by atoms with van der Waals surface area (Å²) in [6.45, 7) is 0.210. The van der Waals surface area contributed by atoms with E-state index < -0.39 is 5.91 Å². The molecule has 1 saturated heterocycles. The second kappa shape index (κ2) is 8.79. The number of rotatable bonds is 7. The van der Waals surface area contributed by atoms with Crippen LogP contribution in [0.3, 0.4) is 0 Å². The van der Waals surface area contributed by atoms with Gasteiger partial charge in [-0.3, -0.25) is 14.5 Å². The standard InChI is InChI=1S/C20H18FNO5S/c1-25-16-6-3-13(17(12-16)26-2)11-18-19(23)22(20(24)28-18)9-10-27-15-7-4-14(21)5-8-15/h3-8,11-12H,9-10H2,1-2H3/b18-11-. The summed E-state index contributed by atoms with van der Waals surface area (Å²) in [4.78, 5) is 26.2. The summed E-state index contributed by atoms with van der Waals surface area (Å²) in [5.74, 6) is 0.866. The minimum atomic E-state index is -0.393. The van der Waals surface area contributed by atoms with Gasteiger partial charge in [0.05, 0.1) is 25.7 Å². The van der Waals surface area contributed by atoms with Crippen molar-refractivity contribution in [2.75, 3.05) is 27.4 Å². The van der Waals surface area contributed by atoms with Crippen LogP contribution in [0.5, 0.6) is 17.2 Å². The van der Waals surface area contributed by atoms with Crippen molar-refractivity contribution in [1.82, 2.24) is 4.90 Å². The number of nitrogens with zero attached hydrogens (tertiary/aromatic N) is 1. The molecule has 0 aromatic heterocycles. The van der Waals surface area contributed by atoms with E-state index in [1.165, 1.54) is 31.4 Å². The fraction of sp³-hybridized carbons (Fsp3) is 0.200. The molecule has 0 unspecified atom stereocenters. The van der Waals surface area contributed by atoms with Gasteiger partial charge in [-0.05, 0) is 54.2 Å². The quantitative estimate of drug-likeness (QED) is 0.652. The summed E-state index contributed by atoms with van der Waals surface area (Å²) in [5.41, 5.74) is 0.663. The van der Waals surface area contributed by atoms with Gasteiger partial charge in [0.15, 0.2) is 0 Å². The fourth-order valence-electron chi connectivity index (χ4n) is 2.56. The lowest BCUT2D eigenvalue weighted by molar-refractivity contribution is -0.123. The van der Waals surface area contributed by atoms with E-state index in [1.807, 2.05) is 0 Å². The monoisotopic (exact) mass is 403 g/mol. The number of imide groups is 1.